The Bertz CT molecular complexity index is 1340. The van der Waals surface area contributed by atoms with Gasteiger partial charge in [-0.05, 0) is 63.8 Å². The standard InChI is InChI=1S/C28H31ClF6N4O4/c1-26(2,42-21-9-6-17(29)11-22(21)43-28(33,34)35)25(41)37-18-12-19-7-8-20(13-18)38(19)23-10-5-16(14-36-23)24(40)39(3,4)15-27(30,31)32/h5-6,9-11,14,18-20H,7-8,12-13,15H2,1-4H3/p+1. The minimum absolute atomic E-state index is 0.00244. The summed E-state index contributed by atoms with van der Waals surface area (Å²) < 4.78 is 86.2. The topological polar surface area (TPSA) is 80.8 Å². The van der Waals surface area contributed by atoms with Crippen molar-refractivity contribution in [3.05, 3.63) is 47.1 Å². The Balaban J connectivity index is 1.40. The quantitative estimate of drug-likeness (QED) is 0.288. The first-order chi connectivity index (χ1) is 19.7. The second kappa shape index (κ2) is 11.7. The van der Waals surface area contributed by atoms with Gasteiger partial charge in [-0.15, -0.1) is 13.2 Å². The first kappa shape index (κ1) is 32.6. The van der Waals surface area contributed by atoms with Crippen molar-refractivity contribution in [2.75, 3.05) is 25.5 Å². The summed E-state index contributed by atoms with van der Waals surface area (Å²) >= 11 is 5.81. The molecule has 2 aliphatic heterocycles. The molecule has 2 amide bonds. The third kappa shape index (κ3) is 8.02. The van der Waals surface area contributed by atoms with E-state index >= 15 is 0 Å². The molecule has 1 aromatic carbocycles. The monoisotopic (exact) mass is 637 g/mol. The molecule has 15 heteroatoms. The SMILES string of the molecule is CC(C)(Oc1ccc(Cl)cc1OC(F)(F)F)C(=O)NC1CC2CCC(C1)N2c1ccc(C(=O)[N+](C)(C)CC(F)(F)F)cn1. The lowest BCUT2D eigenvalue weighted by Crippen LogP contribution is -2.55. The number of ether oxygens (including phenoxy) is 2. The molecular weight excluding hydrogens is 606 g/mol. The number of pyridine rings is 1. The van der Waals surface area contributed by atoms with Gasteiger partial charge >= 0.3 is 18.4 Å². The van der Waals surface area contributed by atoms with Crippen molar-refractivity contribution in [1.82, 2.24) is 10.3 Å². The number of quaternary nitrogens is 1. The number of hydrogen-bond donors (Lipinski definition) is 1. The van der Waals surface area contributed by atoms with Gasteiger partial charge in [0.05, 0.1) is 19.7 Å². The van der Waals surface area contributed by atoms with Gasteiger partial charge in [-0.1, -0.05) is 11.6 Å². The van der Waals surface area contributed by atoms with Crippen LogP contribution in [-0.4, -0.2) is 78.2 Å². The lowest BCUT2D eigenvalue weighted by atomic mass is 9.96. The number of fused-ring (bicyclic) bond motifs is 2. The maximum atomic E-state index is 13.2. The van der Waals surface area contributed by atoms with Gasteiger partial charge < -0.3 is 19.7 Å². The highest BCUT2D eigenvalue weighted by Gasteiger charge is 2.45. The first-order valence-electron chi connectivity index (χ1n) is 13.5. The number of alkyl halides is 6. The fraction of sp³-hybridized carbons (Fsp3) is 0.536. The Labute approximate surface area is 249 Å². The summed E-state index contributed by atoms with van der Waals surface area (Å²) in [6.45, 7) is 1.56. The zero-order chi connectivity index (χ0) is 32.0. The van der Waals surface area contributed by atoms with Crippen LogP contribution in [0, 0.1) is 0 Å². The van der Waals surface area contributed by atoms with Gasteiger partial charge in [0.25, 0.3) is 5.91 Å². The largest absolute Gasteiger partial charge is 0.573 e. The molecule has 2 atom stereocenters. The Hall–Kier alpha value is -3.26. The molecule has 1 N–H and O–H groups in total. The molecule has 4 rings (SSSR count). The van der Waals surface area contributed by atoms with E-state index in [2.05, 4.69) is 19.9 Å². The van der Waals surface area contributed by atoms with E-state index in [0.29, 0.717) is 18.7 Å². The minimum Gasteiger partial charge on any atom is -0.474 e. The number of hydrogen-bond acceptors (Lipinski definition) is 6. The zero-order valence-electron chi connectivity index (χ0n) is 23.9. The second-order valence-electron chi connectivity index (χ2n) is 11.9. The molecule has 2 aromatic rings. The van der Waals surface area contributed by atoms with E-state index in [1.54, 1.807) is 6.07 Å². The van der Waals surface area contributed by atoms with Crippen molar-refractivity contribution in [2.24, 2.45) is 0 Å². The normalized spacial score (nSPS) is 21.0. The summed E-state index contributed by atoms with van der Waals surface area (Å²) in [6.07, 6.45) is -5.47. The predicted octanol–water partition coefficient (Wildman–Crippen LogP) is 5.89. The third-order valence-electron chi connectivity index (χ3n) is 7.50. The lowest BCUT2D eigenvalue weighted by Gasteiger charge is -2.41. The number of carbonyl (C=O) groups excluding carboxylic acids is 2. The fourth-order valence-electron chi connectivity index (χ4n) is 5.65. The molecule has 2 fully saturated rings. The van der Waals surface area contributed by atoms with E-state index in [1.165, 1.54) is 52.3 Å². The van der Waals surface area contributed by atoms with Gasteiger partial charge in [0.15, 0.2) is 23.6 Å². The number of rotatable bonds is 8. The Morgan fingerprint density at radius 3 is 2.16 bits per heavy atom. The van der Waals surface area contributed by atoms with Gasteiger partial charge in [-0.2, -0.15) is 13.2 Å². The van der Waals surface area contributed by atoms with E-state index < -0.39 is 46.7 Å². The highest BCUT2D eigenvalue weighted by molar-refractivity contribution is 6.30. The molecular formula is C28H32ClF6N4O4+. The molecule has 43 heavy (non-hydrogen) atoms. The molecule has 2 saturated heterocycles. The van der Waals surface area contributed by atoms with Crippen molar-refractivity contribution in [2.45, 2.75) is 75.8 Å². The summed E-state index contributed by atoms with van der Waals surface area (Å²) in [6, 6.07) is 6.31. The Morgan fingerprint density at radius 1 is 1.00 bits per heavy atom. The predicted molar refractivity (Wildman–Crippen MR) is 145 cm³/mol. The summed E-state index contributed by atoms with van der Waals surface area (Å²) in [4.78, 5) is 32.4. The first-order valence-corrected chi connectivity index (χ1v) is 13.9. The van der Waals surface area contributed by atoms with Crippen LogP contribution >= 0.6 is 11.6 Å². The molecule has 2 bridgehead atoms. The Kier molecular flexibility index (Phi) is 8.87. The number of amides is 2. The van der Waals surface area contributed by atoms with E-state index in [0.717, 1.165) is 18.9 Å². The molecule has 2 unspecified atom stereocenters. The van der Waals surface area contributed by atoms with Crippen LogP contribution in [0.4, 0.5) is 32.2 Å². The molecule has 0 saturated carbocycles. The molecule has 0 aliphatic carbocycles. The maximum absolute atomic E-state index is 13.2. The van der Waals surface area contributed by atoms with E-state index in [9.17, 15) is 35.9 Å². The summed E-state index contributed by atoms with van der Waals surface area (Å²) in [5, 5.41) is 2.95. The van der Waals surface area contributed by atoms with Crippen LogP contribution in [0.3, 0.4) is 0 Å². The van der Waals surface area contributed by atoms with Crippen LogP contribution < -0.4 is 19.7 Å². The van der Waals surface area contributed by atoms with Crippen molar-refractivity contribution in [1.29, 1.82) is 0 Å². The van der Waals surface area contributed by atoms with Gasteiger partial charge in [0.2, 0.25) is 0 Å². The number of carbonyl (C=O) groups is 2. The van der Waals surface area contributed by atoms with Crippen molar-refractivity contribution in [3.63, 3.8) is 0 Å². The number of nitrogens with zero attached hydrogens (tertiary/aromatic N) is 3. The number of nitrogens with one attached hydrogen (secondary N) is 1. The number of anilines is 1. The smallest absolute Gasteiger partial charge is 0.474 e. The molecule has 3 heterocycles. The van der Waals surface area contributed by atoms with Gasteiger partial charge in [0.1, 0.15) is 5.82 Å². The number of piperidine rings is 1. The molecule has 0 spiro atoms. The molecule has 8 nitrogen and oxygen atoms in total. The van der Waals surface area contributed by atoms with E-state index in [-0.39, 0.29) is 34.5 Å². The molecule has 1 aromatic heterocycles. The highest BCUT2D eigenvalue weighted by Crippen LogP contribution is 2.40. The average Bonchev–Trinajstić information content (AvgIpc) is 3.12. The van der Waals surface area contributed by atoms with Crippen LogP contribution in [0.15, 0.2) is 36.5 Å². The second-order valence-corrected chi connectivity index (χ2v) is 12.3. The van der Waals surface area contributed by atoms with Crippen LogP contribution in [-0.2, 0) is 4.79 Å². The number of aromatic nitrogens is 1. The van der Waals surface area contributed by atoms with Gasteiger partial charge in [0, 0.05) is 35.4 Å². The summed E-state index contributed by atoms with van der Waals surface area (Å²) in [5.41, 5.74) is -1.49. The third-order valence-corrected chi connectivity index (χ3v) is 7.73. The van der Waals surface area contributed by atoms with Crippen LogP contribution in [0.5, 0.6) is 11.5 Å². The fourth-order valence-corrected chi connectivity index (χ4v) is 5.82. The molecule has 0 radical (unpaired) electrons. The minimum atomic E-state index is -4.99. The highest BCUT2D eigenvalue weighted by atomic mass is 35.5. The van der Waals surface area contributed by atoms with Crippen molar-refractivity contribution >= 4 is 29.2 Å². The Morgan fingerprint density at radius 2 is 1.63 bits per heavy atom. The van der Waals surface area contributed by atoms with Crippen LogP contribution in [0.25, 0.3) is 0 Å². The van der Waals surface area contributed by atoms with Gasteiger partial charge in [-0.3, -0.25) is 9.28 Å². The van der Waals surface area contributed by atoms with Crippen LogP contribution in [0.2, 0.25) is 5.02 Å². The molecule has 2 aliphatic rings. The molecule has 236 valence electrons. The lowest BCUT2D eigenvalue weighted by molar-refractivity contribution is -0.820. The van der Waals surface area contributed by atoms with Crippen molar-refractivity contribution in [3.8, 4) is 11.5 Å². The van der Waals surface area contributed by atoms with E-state index in [4.69, 9.17) is 16.3 Å². The van der Waals surface area contributed by atoms with Crippen LogP contribution in [0.1, 0.15) is 49.9 Å². The number of halogens is 7. The van der Waals surface area contributed by atoms with Crippen molar-refractivity contribution < 1.29 is 49.9 Å². The number of benzene rings is 1. The zero-order valence-corrected chi connectivity index (χ0v) is 24.6. The average molecular weight is 638 g/mol. The van der Waals surface area contributed by atoms with E-state index in [1.807, 2.05) is 0 Å². The van der Waals surface area contributed by atoms with Gasteiger partial charge in [-0.25, -0.2) is 9.78 Å². The maximum Gasteiger partial charge on any atom is 0.573 e. The summed E-state index contributed by atoms with van der Waals surface area (Å²) in [5.74, 6) is -1.63. The summed E-state index contributed by atoms with van der Waals surface area (Å²) in [7, 11) is 2.39.